The number of ether oxygens (including phenoxy) is 1. The van der Waals surface area contributed by atoms with Crippen LogP contribution in [0.4, 0.5) is 4.79 Å². The van der Waals surface area contributed by atoms with E-state index in [4.69, 9.17) is 0 Å². The summed E-state index contributed by atoms with van der Waals surface area (Å²) in [4.78, 5) is 22.2. The molecule has 0 aliphatic rings. The van der Waals surface area contributed by atoms with Gasteiger partial charge in [0.1, 0.15) is 0 Å². The SMILES string of the molecule is CCOC(=O)N=S=NC(=O)c1ccccc1. The first kappa shape index (κ1) is 12.3. The van der Waals surface area contributed by atoms with Crippen LogP contribution in [0.5, 0.6) is 0 Å². The maximum Gasteiger partial charge on any atom is 0.445 e. The van der Waals surface area contributed by atoms with Gasteiger partial charge in [-0.25, -0.2) is 4.79 Å². The van der Waals surface area contributed by atoms with Crippen molar-refractivity contribution in [3.63, 3.8) is 0 Å². The lowest BCUT2D eigenvalue weighted by Crippen LogP contribution is -1.96. The fourth-order valence-corrected chi connectivity index (χ4v) is 1.21. The van der Waals surface area contributed by atoms with Crippen molar-refractivity contribution in [3.05, 3.63) is 35.9 Å². The summed E-state index contributed by atoms with van der Waals surface area (Å²) in [6.07, 6.45) is -0.739. The van der Waals surface area contributed by atoms with Gasteiger partial charge in [0, 0.05) is 5.56 Å². The minimum atomic E-state index is -0.739. The maximum absolute atomic E-state index is 11.4. The fraction of sp³-hybridized carbons (Fsp3) is 0.200. The highest BCUT2D eigenvalue weighted by Gasteiger charge is 2.00. The molecule has 0 spiro atoms. The van der Waals surface area contributed by atoms with Crippen molar-refractivity contribution in [2.75, 3.05) is 6.61 Å². The summed E-state index contributed by atoms with van der Waals surface area (Å²) in [6, 6.07) is 8.53. The standard InChI is InChI=1S/C10H10N2O3S/c1-2-15-10(14)12-16-11-9(13)8-6-4-3-5-7-8/h3-7H,2H2,1H3. The minimum absolute atomic E-state index is 0.246. The first-order valence-electron chi connectivity index (χ1n) is 4.58. The zero-order valence-electron chi connectivity index (χ0n) is 8.62. The predicted molar refractivity (Wildman–Crippen MR) is 60.0 cm³/mol. The van der Waals surface area contributed by atoms with E-state index in [0.29, 0.717) is 16.9 Å². The first-order valence-corrected chi connectivity index (χ1v) is 5.31. The van der Waals surface area contributed by atoms with Gasteiger partial charge in [-0.15, -0.1) is 4.36 Å². The number of hydrogen-bond donors (Lipinski definition) is 0. The lowest BCUT2D eigenvalue weighted by Gasteiger charge is -1.91. The van der Waals surface area contributed by atoms with Crippen molar-refractivity contribution >= 4 is 23.4 Å². The summed E-state index contributed by atoms with van der Waals surface area (Å²) in [7, 11) is 0. The molecule has 1 aromatic carbocycles. The lowest BCUT2D eigenvalue weighted by atomic mass is 10.2. The average Bonchev–Trinajstić information content (AvgIpc) is 2.30. The third-order valence-corrected chi connectivity index (χ3v) is 2.01. The first-order chi connectivity index (χ1) is 7.74. The number of benzene rings is 1. The van der Waals surface area contributed by atoms with Crippen LogP contribution in [0.25, 0.3) is 0 Å². The quantitative estimate of drug-likeness (QED) is 0.794. The molecule has 16 heavy (non-hydrogen) atoms. The molecule has 5 nitrogen and oxygen atoms in total. The van der Waals surface area contributed by atoms with Crippen LogP contribution < -0.4 is 0 Å². The highest BCUT2D eigenvalue weighted by atomic mass is 32.1. The third kappa shape index (κ3) is 4.14. The molecule has 2 amide bonds. The number of hydrogen-bond acceptors (Lipinski definition) is 3. The molecule has 0 atom stereocenters. The lowest BCUT2D eigenvalue weighted by molar-refractivity contribution is 0.101. The fourth-order valence-electron chi connectivity index (χ4n) is 0.874. The van der Waals surface area contributed by atoms with Gasteiger partial charge in [-0.1, -0.05) is 22.6 Å². The predicted octanol–water partition coefficient (Wildman–Crippen LogP) is 2.43. The molecule has 0 aromatic heterocycles. The van der Waals surface area contributed by atoms with Gasteiger partial charge < -0.3 is 4.74 Å². The molecule has 0 saturated heterocycles. The van der Waals surface area contributed by atoms with E-state index in [9.17, 15) is 9.59 Å². The highest BCUT2D eigenvalue weighted by Crippen LogP contribution is 1.99. The van der Waals surface area contributed by atoms with Crippen molar-refractivity contribution < 1.29 is 14.3 Å². The Balaban J connectivity index is 2.65. The average molecular weight is 238 g/mol. The van der Waals surface area contributed by atoms with Crippen LogP contribution in [0, 0.1) is 0 Å². The molecule has 0 N–H and O–H groups in total. The summed E-state index contributed by atoms with van der Waals surface area (Å²) < 4.78 is 11.4. The molecule has 0 saturated carbocycles. The third-order valence-electron chi connectivity index (χ3n) is 1.53. The van der Waals surface area contributed by atoms with Gasteiger partial charge in [0.05, 0.1) is 18.0 Å². The van der Waals surface area contributed by atoms with E-state index in [2.05, 4.69) is 13.5 Å². The molecule has 84 valence electrons. The summed E-state index contributed by atoms with van der Waals surface area (Å²) in [6.45, 7) is 1.92. The summed E-state index contributed by atoms with van der Waals surface area (Å²) in [5.41, 5.74) is 0.453. The minimum Gasteiger partial charge on any atom is -0.448 e. The van der Waals surface area contributed by atoms with Crippen LogP contribution in [0.3, 0.4) is 0 Å². The van der Waals surface area contributed by atoms with Crippen LogP contribution in [0.15, 0.2) is 39.1 Å². The Morgan fingerprint density at radius 2 is 1.94 bits per heavy atom. The second-order valence-corrected chi connectivity index (χ2v) is 3.16. The van der Waals surface area contributed by atoms with E-state index >= 15 is 0 Å². The molecule has 0 aliphatic carbocycles. The Kier molecular flexibility index (Phi) is 5.07. The Bertz CT molecular complexity index is 439. The maximum atomic E-state index is 11.4. The molecule has 1 rings (SSSR count). The smallest absolute Gasteiger partial charge is 0.445 e. The van der Waals surface area contributed by atoms with Crippen molar-refractivity contribution in [2.45, 2.75) is 6.92 Å². The molecule has 0 radical (unpaired) electrons. The number of nitrogens with zero attached hydrogens (tertiary/aromatic N) is 2. The van der Waals surface area contributed by atoms with Crippen LogP contribution in [0.1, 0.15) is 17.3 Å². The zero-order chi connectivity index (χ0) is 11.8. The number of carbonyl (C=O) groups is 2. The number of amides is 2. The van der Waals surface area contributed by atoms with Crippen molar-refractivity contribution in [2.24, 2.45) is 8.73 Å². The largest absolute Gasteiger partial charge is 0.448 e. The van der Waals surface area contributed by atoms with Crippen molar-refractivity contribution in [1.29, 1.82) is 0 Å². The Morgan fingerprint density at radius 3 is 2.56 bits per heavy atom. The van der Waals surface area contributed by atoms with Crippen molar-refractivity contribution in [3.8, 4) is 0 Å². The second-order valence-electron chi connectivity index (χ2n) is 2.63. The van der Waals surface area contributed by atoms with Crippen LogP contribution >= 0.6 is 0 Å². The van der Waals surface area contributed by atoms with E-state index in [1.54, 1.807) is 37.3 Å². The molecular formula is C10H10N2O3S. The van der Waals surface area contributed by atoms with Gasteiger partial charge in [0.15, 0.2) is 0 Å². The van der Waals surface area contributed by atoms with E-state index in [-0.39, 0.29) is 6.61 Å². The Hall–Kier alpha value is -1.82. The summed E-state index contributed by atoms with van der Waals surface area (Å²) >= 11 is 0.530. The van der Waals surface area contributed by atoms with Gasteiger partial charge in [-0.2, -0.15) is 0 Å². The Labute approximate surface area is 96.3 Å². The second kappa shape index (κ2) is 6.62. The molecule has 0 bridgehead atoms. The summed E-state index contributed by atoms with van der Waals surface area (Å²) in [5, 5.41) is 0. The van der Waals surface area contributed by atoms with Gasteiger partial charge in [-0.3, -0.25) is 4.79 Å². The molecule has 0 unspecified atom stereocenters. The van der Waals surface area contributed by atoms with E-state index in [1.807, 2.05) is 0 Å². The number of carbonyl (C=O) groups excluding carboxylic acids is 2. The monoisotopic (exact) mass is 238 g/mol. The molecule has 0 aliphatic heterocycles. The van der Waals surface area contributed by atoms with Gasteiger partial charge in [-0.05, 0) is 19.1 Å². The molecular weight excluding hydrogens is 228 g/mol. The van der Waals surface area contributed by atoms with E-state index < -0.39 is 12.0 Å². The van der Waals surface area contributed by atoms with Crippen LogP contribution in [-0.2, 0) is 16.1 Å². The van der Waals surface area contributed by atoms with Crippen LogP contribution in [0.2, 0.25) is 0 Å². The highest BCUT2D eigenvalue weighted by molar-refractivity contribution is 7.58. The summed E-state index contributed by atoms with van der Waals surface area (Å²) in [5.74, 6) is -0.432. The molecule has 0 fully saturated rings. The normalized spacial score (nSPS) is 9.06. The molecule has 1 aromatic rings. The van der Waals surface area contributed by atoms with Crippen molar-refractivity contribution in [1.82, 2.24) is 0 Å². The van der Waals surface area contributed by atoms with Gasteiger partial charge >= 0.3 is 6.09 Å². The molecule has 6 heteroatoms. The van der Waals surface area contributed by atoms with E-state index in [1.165, 1.54) is 0 Å². The number of rotatable bonds is 2. The Morgan fingerprint density at radius 1 is 1.25 bits per heavy atom. The zero-order valence-corrected chi connectivity index (χ0v) is 9.44. The van der Waals surface area contributed by atoms with Crippen LogP contribution in [-0.4, -0.2) is 18.6 Å². The topological polar surface area (TPSA) is 68.1 Å². The van der Waals surface area contributed by atoms with E-state index in [0.717, 1.165) is 0 Å². The van der Waals surface area contributed by atoms with Gasteiger partial charge in [0.2, 0.25) is 0 Å². The van der Waals surface area contributed by atoms with Gasteiger partial charge in [0.25, 0.3) is 5.91 Å². The molecule has 0 heterocycles.